The fourth-order valence-corrected chi connectivity index (χ4v) is 5.95. The summed E-state index contributed by atoms with van der Waals surface area (Å²) in [5.74, 6) is 2.73. The zero-order chi connectivity index (χ0) is 15.8. The molecule has 4 heteroatoms. The summed E-state index contributed by atoms with van der Waals surface area (Å²) >= 11 is 0. The highest BCUT2D eigenvalue weighted by molar-refractivity contribution is 5.99. The molecule has 6 unspecified atom stereocenters. The number of aryl methyl sites for hydroxylation is 1. The van der Waals surface area contributed by atoms with Gasteiger partial charge in [-0.2, -0.15) is 0 Å². The molecule has 2 saturated carbocycles. The first kappa shape index (κ1) is 13.8. The van der Waals surface area contributed by atoms with E-state index in [1.807, 2.05) is 0 Å². The van der Waals surface area contributed by atoms with Crippen LogP contribution < -0.4 is 4.74 Å². The number of nitrogens with zero attached hydrogens (tertiary/aromatic N) is 1. The second kappa shape index (κ2) is 4.50. The highest BCUT2D eigenvalue weighted by Crippen LogP contribution is 2.64. The number of methoxy groups -OCH3 is 1. The third-order valence-electron chi connectivity index (χ3n) is 7.03. The van der Waals surface area contributed by atoms with Crippen molar-refractivity contribution in [2.45, 2.75) is 50.7 Å². The lowest BCUT2D eigenvalue weighted by Gasteiger charge is -2.49. The van der Waals surface area contributed by atoms with Crippen molar-refractivity contribution in [2.24, 2.45) is 22.4 Å². The van der Waals surface area contributed by atoms with Gasteiger partial charge in [0.2, 0.25) is 0 Å². The fourth-order valence-electron chi connectivity index (χ4n) is 5.95. The molecule has 0 radical (unpaired) electrons. The summed E-state index contributed by atoms with van der Waals surface area (Å²) in [6, 6.07) is 6.58. The van der Waals surface area contributed by atoms with E-state index in [-0.39, 0.29) is 11.5 Å². The van der Waals surface area contributed by atoms with Gasteiger partial charge in [-0.3, -0.25) is 0 Å². The van der Waals surface area contributed by atoms with E-state index < -0.39 is 0 Å². The molecule has 1 aromatic rings. The van der Waals surface area contributed by atoms with Gasteiger partial charge in [0.1, 0.15) is 11.9 Å². The Morgan fingerprint density at radius 3 is 3.00 bits per heavy atom. The number of oxime groups is 1. The molecule has 4 aliphatic rings. The number of rotatable bonds is 1. The van der Waals surface area contributed by atoms with Gasteiger partial charge in [-0.15, -0.1) is 0 Å². The Balaban J connectivity index is 1.54. The van der Waals surface area contributed by atoms with E-state index in [2.05, 4.69) is 30.3 Å². The van der Waals surface area contributed by atoms with Crippen molar-refractivity contribution in [3.63, 3.8) is 0 Å². The minimum absolute atomic E-state index is 0.0352. The average molecular weight is 313 g/mol. The monoisotopic (exact) mass is 313 g/mol. The number of fused-ring (bicyclic) bond motifs is 7. The lowest BCUT2D eigenvalue weighted by atomic mass is 9.55. The van der Waals surface area contributed by atoms with Crippen LogP contribution in [0.25, 0.3) is 0 Å². The molecule has 1 N–H and O–H groups in total. The van der Waals surface area contributed by atoms with Gasteiger partial charge >= 0.3 is 0 Å². The van der Waals surface area contributed by atoms with Crippen LogP contribution in [0.2, 0.25) is 0 Å². The molecular weight excluding hydrogens is 290 g/mol. The summed E-state index contributed by atoms with van der Waals surface area (Å²) in [7, 11) is 1.73. The van der Waals surface area contributed by atoms with Gasteiger partial charge in [-0.1, -0.05) is 18.1 Å². The topological polar surface area (TPSA) is 54.4 Å². The standard InChI is InChI=1S/C19H23NO3/c1-19-8-7-13-12-6-4-11(22-2)9-10(12)3-5-14(13)15(19)16-17(23-16)18(19)20-21/h4,6,9,13-17,21H,3,5,7-8H2,1-2H3/b20-18+. The molecule has 23 heavy (non-hydrogen) atoms. The van der Waals surface area contributed by atoms with Gasteiger partial charge in [-0.05, 0) is 60.8 Å². The molecule has 3 fully saturated rings. The number of hydrogen-bond donors (Lipinski definition) is 1. The summed E-state index contributed by atoms with van der Waals surface area (Å²) in [6.07, 6.45) is 4.97. The largest absolute Gasteiger partial charge is 0.497 e. The van der Waals surface area contributed by atoms with Crippen LogP contribution in [0.4, 0.5) is 0 Å². The number of ether oxygens (including phenoxy) is 2. The zero-order valence-corrected chi connectivity index (χ0v) is 13.7. The SMILES string of the molecule is COc1ccc2c(c1)CCC1C2CCC2(C)/C(=N/O)C3OC3C12. The predicted molar refractivity (Wildman–Crippen MR) is 86.3 cm³/mol. The first-order valence-electron chi connectivity index (χ1n) is 8.72. The summed E-state index contributed by atoms with van der Waals surface area (Å²) < 4.78 is 11.2. The minimum atomic E-state index is 0.0352. The van der Waals surface area contributed by atoms with Crippen molar-refractivity contribution in [3.8, 4) is 5.75 Å². The highest BCUT2D eigenvalue weighted by Gasteiger charge is 2.69. The lowest BCUT2D eigenvalue weighted by Crippen LogP contribution is -2.46. The lowest BCUT2D eigenvalue weighted by molar-refractivity contribution is 0.0548. The van der Waals surface area contributed by atoms with Gasteiger partial charge < -0.3 is 14.7 Å². The van der Waals surface area contributed by atoms with Gasteiger partial charge in [0.05, 0.1) is 18.9 Å². The fraction of sp³-hybridized carbons (Fsp3) is 0.632. The van der Waals surface area contributed by atoms with Gasteiger partial charge in [0, 0.05) is 11.3 Å². The van der Waals surface area contributed by atoms with Gasteiger partial charge in [-0.25, -0.2) is 0 Å². The molecule has 0 bridgehead atoms. The van der Waals surface area contributed by atoms with Crippen molar-refractivity contribution in [1.82, 2.24) is 0 Å². The van der Waals surface area contributed by atoms with Crippen molar-refractivity contribution in [3.05, 3.63) is 29.3 Å². The van der Waals surface area contributed by atoms with E-state index >= 15 is 0 Å². The second-order valence-corrected chi connectivity index (χ2v) is 7.86. The average Bonchev–Trinajstić information content (AvgIpc) is 3.28. The van der Waals surface area contributed by atoms with Crippen LogP contribution in [0, 0.1) is 17.3 Å². The molecular formula is C19H23NO3. The minimum Gasteiger partial charge on any atom is -0.497 e. The summed E-state index contributed by atoms with van der Waals surface area (Å²) in [4.78, 5) is 0. The maximum Gasteiger partial charge on any atom is 0.126 e. The van der Waals surface area contributed by atoms with Gasteiger partial charge in [0.25, 0.3) is 0 Å². The van der Waals surface area contributed by atoms with Crippen LogP contribution >= 0.6 is 0 Å². The van der Waals surface area contributed by atoms with E-state index in [9.17, 15) is 5.21 Å². The Kier molecular flexibility index (Phi) is 2.71. The van der Waals surface area contributed by atoms with Gasteiger partial charge in [0.15, 0.2) is 0 Å². The zero-order valence-electron chi connectivity index (χ0n) is 13.7. The first-order chi connectivity index (χ1) is 11.2. The molecule has 5 rings (SSSR count). The molecule has 1 saturated heterocycles. The van der Waals surface area contributed by atoms with E-state index in [1.54, 1.807) is 7.11 Å². The molecule has 0 amide bonds. The van der Waals surface area contributed by atoms with Crippen LogP contribution in [0.3, 0.4) is 0 Å². The van der Waals surface area contributed by atoms with E-state index in [0.717, 1.165) is 24.3 Å². The van der Waals surface area contributed by atoms with E-state index in [0.29, 0.717) is 23.9 Å². The Labute approximate surface area is 136 Å². The third kappa shape index (κ3) is 1.68. The number of hydrogen-bond acceptors (Lipinski definition) is 4. The van der Waals surface area contributed by atoms with Crippen LogP contribution in [0.15, 0.2) is 23.4 Å². The van der Waals surface area contributed by atoms with E-state index in [1.165, 1.54) is 24.0 Å². The van der Waals surface area contributed by atoms with Crippen molar-refractivity contribution in [1.29, 1.82) is 0 Å². The molecule has 6 atom stereocenters. The molecule has 0 aromatic heterocycles. The molecule has 1 aliphatic heterocycles. The van der Waals surface area contributed by atoms with Crippen LogP contribution in [0.1, 0.15) is 43.2 Å². The first-order valence-corrected chi connectivity index (χ1v) is 8.72. The van der Waals surface area contributed by atoms with Crippen molar-refractivity contribution >= 4 is 5.71 Å². The van der Waals surface area contributed by atoms with Crippen molar-refractivity contribution < 1.29 is 14.7 Å². The quantitative estimate of drug-likeness (QED) is 0.491. The smallest absolute Gasteiger partial charge is 0.126 e. The summed E-state index contributed by atoms with van der Waals surface area (Å²) in [6.45, 7) is 2.29. The number of benzene rings is 1. The van der Waals surface area contributed by atoms with E-state index in [4.69, 9.17) is 9.47 Å². The van der Waals surface area contributed by atoms with Crippen molar-refractivity contribution in [2.75, 3.05) is 7.11 Å². The molecule has 3 aliphatic carbocycles. The Bertz CT molecular complexity index is 700. The highest BCUT2D eigenvalue weighted by atomic mass is 16.6. The summed E-state index contributed by atoms with van der Waals surface area (Å²) in [5.41, 5.74) is 3.91. The maximum absolute atomic E-state index is 9.47. The third-order valence-corrected chi connectivity index (χ3v) is 7.03. The molecule has 1 aromatic carbocycles. The Morgan fingerprint density at radius 1 is 1.35 bits per heavy atom. The summed E-state index contributed by atoms with van der Waals surface area (Å²) in [5, 5.41) is 13.1. The normalized spacial score (nSPS) is 45.0. The van der Waals surface area contributed by atoms with Crippen LogP contribution in [-0.4, -0.2) is 30.2 Å². The molecule has 1 heterocycles. The Hall–Kier alpha value is -1.55. The second-order valence-electron chi connectivity index (χ2n) is 7.86. The molecule has 4 nitrogen and oxygen atoms in total. The molecule has 0 spiro atoms. The Morgan fingerprint density at radius 2 is 2.22 bits per heavy atom. The maximum atomic E-state index is 9.47. The van der Waals surface area contributed by atoms with Crippen LogP contribution in [0.5, 0.6) is 5.75 Å². The number of epoxide rings is 1. The van der Waals surface area contributed by atoms with Crippen LogP contribution in [-0.2, 0) is 11.2 Å². The molecule has 122 valence electrons. The predicted octanol–water partition coefficient (Wildman–Crippen LogP) is 3.37.